The van der Waals surface area contributed by atoms with Crippen molar-refractivity contribution >= 4 is 5.78 Å². The molecule has 2 aliphatic carbocycles. The van der Waals surface area contributed by atoms with Crippen LogP contribution in [-0.2, 0) is 4.79 Å². The predicted octanol–water partition coefficient (Wildman–Crippen LogP) is 2.69. The first kappa shape index (κ1) is 11.4. The fourth-order valence-corrected chi connectivity index (χ4v) is 3.67. The molecule has 0 saturated heterocycles. The summed E-state index contributed by atoms with van der Waals surface area (Å²) < 4.78 is 0. The Kier molecular flexibility index (Phi) is 2.87. The minimum absolute atomic E-state index is 0.126. The van der Waals surface area contributed by atoms with Crippen LogP contribution in [-0.4, -0.2) is 10.8 Å². The highest BCUT2D eigenvalue weighted by Crippen LogP contribution is 2.49. The Morgan fingerprint density at radius 2 is 2.11 bits per heavy atom. The van der Waals surface area contributed by atoms with Crippen LogP contribution in [0.1, 0.15) is 37.2 Å². The number of nitriles is 1. The molecule has 0 amide bonds. The summed E-state index contributed by atoms with van der Waals surface area (Å²) in [6.45, 7) is 0. The van der Waals surface area contributed by atoms with E-state index < -0.39 is 5.92 Å². The third kappa shape index (κ3) is 1.82. The summed E-state index contributed by atoms with van der Waals surface area (Å²) in [4.78, 5) is 16.5. The van der Waals surface area contributed by atoms with E-state index in [1.807, 2.05) is 0 Å². The number of nitrogens with zero attached hydrogens (tertiary/aromatic N) is 2. The summed E-state index contributed by atoms with van der Waals surface area (Å²) in [6, 6.07) is 5.73. The molecule has 0 aliphatic heterocycles. The monoisotopic (exact) mass is 240 g/mol. The quantitative estimate of drug-likeness (QED) is 0.816. The Morgan fingerprint density at radius 1 is 1.33 bits per heavy atom. The van der Waals surface area contributed by atoms with Crippen LogP contribution < -0.4 is 0 Å². The summed E-state index contributed by atoms with van der Waals surface area (Å²) in [5.41, 5.74) is 0.792. The van der Waals surface area contributed by atoms with Gasteiger partial charge in [0.15, 0.2) is 5.78 Å². The third-order valence-electron chi connectivity index (χ3n) is 4.56. The zero-order chi connectivity index (χ0) is 12.5. The number of pyridine rings is 1. The number of aromatic nitrogens is 1. The Hall–Kier alpha value is -1.69. The predicted molar refractivity (Wildman–Crippen MR) is 66.5 cm³/mol. The molecule has 0 radical (unpaired) electrons. The molecule has 3 nitrogen and oxygen atoms in total. The topological polar surface area (TPSA) is 53.8 Å². The molecule has 2 saturated carbocycles. The SMILES string of the molecule is N#CC(C(=O)C1CC2CCC1C2)c1ccncc1. The van der Waals surface area contributed by atoms with Gasteiger partial charge in [-0.1, -0.05) is 6.42 Å². The van der Waals surface area contributed by atoms with Crippen molar-refractivity contribution in [1.29, 1.82) is 5.26 Å². The maximum Gasteiger partial charge on any atom is 0.157 e. The summed E-state index contributed by atoms with van der Waals surface area (Å²) in [5, 5.41) is 9.29. The Labute approximate surface area is 107 Å². The molecule has 4 unspecified atom stereocenters. The molecule has 4 atom stereocenters. The molecule has 92 valence electrons. The summed E-state index contributed by atoms with van der Waals surface area (Å²) in [6.07, 6.45) is 7.95. The van der Waals surface area contributed by atoms with Crippen molar-refractivity contribution in [2.75, 3.05) is 0 Å². The van der Waals surface area contributed by atoms with Crippen LogP contribution in [0.2, 0.25) is 0 Å². The van der Waals surface area contributed by atoms with Crippen molar-refractivity contribution < 1.29 is 4.79 Å². The molecule has 2 fully saturated rings. The highest BCUT2D eigenvalue weighted by atomic mass is 16.1. The van der Waals surface area contributed by atoms with Crippen LogP contribution in [0.4, 0.5) is 0 Å². The average Bonchev–Trinajstić information content (AvgIpc) is 3.03. The van der Waals surface area contributed by atoms with E-state index in [4.69, 9.17) is 0 Å². The fraction of sp³-hybridized carbons (Fsp3) is 0.533. The van der Waals surface area contributed by atoms with E-state index in [0.29, 0.717) is 5.92 Å². The van der Waals surface area contributed by atoms with Crippen molar-refractivity contribution in [2.45, 2.75) is 31.6 Å². The number of carbonyl (C=O) groups is 1. The normalized spacial score (nSPS) is 30.9. The van der Waals surface area contributed by atoms with E-state index in [0.717, 1.165) is 17.9 Å². The zero-order valence-corrected chi connectivity index (χ0v) is 10.2. The van der Waals surface area contributed by atoms with Gasteiger partial charge >= 0.3 is 0 Å². The van der Waals surface area contributed by atoms with Gasteiger partial charge in [-0.05, 0) is 48.8 Å². The molecular weight excluding hydrogens is 224 g/mol. The standard InChI is InChI=1S/C15H16N2O/c16-9-14(11-3-5-17-6-4-11)15(18)13-8-10-1-2-12(13)7-10/h3-6,10,12-14H,1-2,7-8H2. The molecule has 18 heavy (non-hydrogen) atoms. The number of Topliss-reactive ketones (excluding diaryl/α,β-unsaturated/α-hetero) is 1. The molecule has 1 heterocycles. The number of carbonyl (C=O) groups excluding carboxylic acids is 1. The second-order valence-electron chi connectivity index (χ2n) is 5.53. The molecule has 1 aromatic heterocycles. The van der Waals surface area contributed by atoms with Gasteiger partial charge in [0.05, 0.1) is 6.07 Å². The molecule has 1 aromatic rings. The highest BCUT2D eigenvalue weighted by molar-refractivity contribution is 5.90. The summed E-state index contributed by atoms with van der Waals surface area (Å²) in [7, 11) is 0. The number of hydrogen-bond donors (Lipinski definition) is 0. The van der Waals surface area contributed by atoms with E-state index in [-0.39, 0.29) is 11.7 Å². The van der Waals surface area contributed by atoms with Gasteiger partial charge in [0.1, 0.15) is 5.92 Å². The lowest BCUT2D eigenvalue weighted by Crippen LogP contribution is -2.26. The molecule has 0 spiro atoms. The number of rotatable bonds is 3. The van der Waals surface area contributed by atoms with Crippen LogP contribution in [0.25, 0.3) is 0 Å². The molecule has 2 aliphatic rings. The highest BCUT2D eigenvalue weighted by Gasteiger charge is 2.44. The lowest BCUT2D eigenvalue weighted by atomic mass is 9.79. The Morgan fingerprint density at radius 3 is 2.67 bits per heavy atom. The van der Waals surface area contributed by atoms with Crippen molar-refractivity contribution in [1.82, 2.24) is 4.98 Å². The van der Waals surface area contributed by atoms with Gasteiger partial charge in [-0.2, -0.15) is 5.26 Å². The van der Waals surface area contributed by atoms with Gasteiger partial charge in [0.2, 0.25) is 0 Å². The average molecular weight is 240 g/mol. The Balaban J connectivity index is 1.81. The maximum absolute atomic E-state index is 12.5. The number of ketones is 1. The van der Waals surface area contributed by atoms with Gasteiger partial charge in [-0.3, -0.25) is 9.78 Å². The Bertz CT molecular complexity index is 491. The minimum atomic E-state index is -0.600. The molecule has 2 bridgehead atoms. The van der Waals surface area contributed by atoms with Crippen LogP contribution in [0.15, 0.2) is 24.5 Å². The summed E-state index contributed by atoms with van der Waals surface area (Å²) >= 11 is 0. The molecule has 3 rings (SSSR count). The van der Waals surface area contributed by atoms with E-state index in [1.165, 1.54) is 19.3 Å². The summed E-state index contributed by atoms with van der Waals surface area (Å²) in [5.74, 6) is 0.940. The largest absolute Gasteiger partial charge is 0.298 e. The van der Waals surface area contributed by atoms with E-state index in [2.05, 4.69) is 11.1 Å². The second kappa shape index (κ2) is 4.53. The van der Waals surface area contributed by atoms with Gasteiger partial charge in [-0.15, -0.1) is 0 Å². The second-order valence-corrected chi connectivity index (χ2v) is 5.53. The number of fused-ring (bicyclic) bond motifs is 2. The van der Waals surface area contributed by atoms with Crippen molar-refractivity contribution in [3.63, 3.8) is 0 Å². The van der Waals surface area contributed by atoms with E-state index in [1.54, 1.807) is 24.5 Å². The minimum Gasteiger partial charge on any atom is -0.298 e. The van der Waals surface area contributed by atoms with Crippen molar-refractivity contribution in [3.05, 3.63) is 30.1 Å². The van der Waals surface area contributed by atoms with Gasteiger partial charge < -0.3 is 0 Å². The fourth-order valence-electron chi connectivity index (χ4n) is 3.67. The first-order chi connectivity index (χ1) is 8.79. The maximum atomic E-state index is 12.5. The van der Waals surface area contributed by atoms with Gasteiger partial charge in [0, 0.05) is 18.3 Å². The lowest BCUT2D eigenvalue weighted by Gasteiger charge is -2.22. The zero-order valence-electron chi connectivity index (χ0n) is 10.2. The van der Waals surface area contributed by atoms with Crippen LogP contribution >= 0.6 is 0 Å². The van der Waals surface area contributed by atoms with E-state index >= 15 is 0 Å². The van der Waals surface area contributed by atoms with Crippen molar-refractivity contribution in [2.24, 2.45) is 17.8 Å². The van der Waals surface area contributed by atoms with Crippen LogP contribution in [0.5, 0.6) is 0 Å². The van der Waals surface area contributed by atoms with Gasteiger partial charge in [-0.25, -0.2) is 0 Å². The first-order valence-electron chi connectivity index (χ1n) is 6.63. The third-order valence-corrected chi connectivity index (χ3v) is 4.56. The van der Waals surface area contributed by atoms with E-state index in [9.17, 15) is 10.1 Å². The molecule has 3 heteroatoms. The molecular formula is C15H16N2O. The first-order valence-corrected chi connectivity index (χ1v) is 6.63. The molecule has 0 N–H and O–H groups in total. The van der Waals surface area contributed by atoms with Crippen molar-refractivity contribution in [3.8, 4) is 6.07 Å². The molecule has 0 aromatic carbocycles. The number of hydrogen-bond acceptors (Lipinski definition) is 3. The smallest absolute Gasteiger partial charge is 0.157 e. The van der Waals surface area contributed by atoms with Gasteiger partial charge in [0.25, 0.3) is 0 Å². The van der Waals surface area contributed by atoms with Crippen LogP contribution in [0, 0.1) is 29.1 Å². The van der Waals surface area contributed by atoms with Crippen LogP contribution in [0.3, 0.4) is 0 Å². The lowest BCUT2D eigenvalue weighted by molar-refractivity contribution is -0.124.